The zero-order valence-corrected chi connectivity index (χ0v) is 9.96. The number of hydrogen-bond donors (Lipinski definition) is 1. The second-order valence-corrected chi connectivity index (χ2v) is 6.22. The standard InChI is InChI=1S/C9H15N3O3S/c1-10-4-2-8-11-12-9(15-8)7-3-5-16(13,14)6-7/h7,10H,2-6H2,1H3. The number of likely N-dealkylation sites (N-methyl/N-ethyl adjacent to an activating group) is 1. The molecule has 1 aliphatic heterocycles. The van der Waals surface area contributed by atoms with Gasteiger partial charge >= 0.3 is 0 Å². The maximum absolute atomic E-state index is 11.3. The molecule has 0 aromatic carbocycles. The highest BCUT2D eigenvalue weighted by Crippen LogP contribution is 2.27. The molecule has 7 heteroatoms. The van der Waals surface area contributed by atoms with Crippen molar-refractivity contribution in [1.82, 2.24) is 15.5 Å². The fourth-order valence-corrected chi connectivity index (χ4v) is 3.49. The molecule has 1 saturated heterocycles. The second-order valence-electron chi connectivity index (χ2n) is 3.99. The van der Waals surface area contributed by atoms with Gasteiger partial charge in [0.25, 0.3) is 0 Å². The van der Waals surface area contributed by atoms with E-state index in [9.17, 15) is 8.42 Å². The molecule has 1 unspecified atom stereocenters. The van der Waals surface area contributed by atoms with E-state index in [2.05, 4.69) is 15.5 Å². The van der Waals surface area contributed by atoms with E-state index >= 15 is 0 Å². The van der Waals surface area contributed by atoms with E-state index < -0.39 is 9.84 Å². The topological polar surface area (TPSA) is 85.1 Å². The molecule has 1 N–H and O–H groups in total. The Hall–Kier alpha value is -0.950. The van der Waals surface area contributed by atoms with Crippen molar-refractivity contribution >= 4 is 9.84 Å². The fraction of sp³-hybridized carbons (Fsp3) is 0.778. The lowest BCUT2D eigenvalue weighted by Crippen LogP contribution is -2.10. The highest BCUT2D eigenvalue weighted by atomic mass is 32.2. The minimum Gasteiger partial charge on any atom is -0.425 e. The van der Waals surface area contributed by atoms with Crippen LogP contribution in [0, 0.1) is 0 Å². The number of nitrogens with one attached hydrogen (secondary N) is 1. The van der Waals surface area contributed by atoms with Gasteiger partial charge in [0.15, 0.2) is 9.84 Å². The van der Waals surface area contributed by atoms with E-state index in [0.29, 0.717) is 24.6 Å². The molecule has 90 valence electrons. The van der Waals surface area contributed by atoms with Crippen LogP contribution in [0.4, 0.5) is 0 Å². The average Bonchev–Trinajstić information content (AvgIpc) is 2.81. The number of hydrogen-bond acceptors (Lipinski definition) is 6. The van der Waals surface area contributed by atoms with Gasteiger partial charge in [0, 0.05) is 13.0 Å². The zero-order valence-electron chi connectivity index (χ0n) is 9.14. The number of rotatable bonds is 4. The molecule has 0 radical (unpaired) electrons. The maximum atomic E-state index is 11.3. The van der Waals surface area contributed by atoms with Gasteiger partial charge in [-0.2, -0.15) is 0 Å². The van der Waals surface area contributed by atoms with Crippen LogP contribution in [-0.2, 0) is 16.3 Å². The summed E-state index contributed by atoms with van der Waals surface area (Å²) in [6.07, 6.45) is 1.26. The minimum absolute atomic E-state index is 0.110. The van der Waals surface area contributed by atoms with Gasteiger partial charge in [-0.3, -0.25) is 0 Å². The van der Waals surface area contributed by atoms with E-state index in [4.69, 9.17) is 4.42 Å². The van der Waals surface area contributed by atoms with E-state index in [0.717, 1.165) is 6.54 Å². The van der Waals surface area contributed by atoms with Gasteiger partial charge in [-0.25, -0.2) is 8.42 Å². The fourth-order valence-electron chi connectivity index (χ4n) is 1.75. The van der Waals surface area contributed by atoms with Gasteiger partial charge in [-0.15, -0.1) is 10.2 Å². The van der Waals surface area contributed by atoms with Crippen LogP contribution in [0.3, 0.4) is 0 Å². The third-order valence-corrected chi connectivity index (χ3v) is 4.42. The summed E-state index contributed by atoms with van der Waals surface area (Å²) in [6.45, 7) is 0.768. The highest BCUT2D eigenvalue weighted by Gasteiger charge is 2.32. The van der Waals surface area contributed by atoms with Crippen molar-refractivity contribution in [1.29, 1.82) is 0 Å². The van der Waals surface area contributed by atoms with E-state index in [1.54, 1.807) is 0 Å². The lowest BCUT2D eigenvalue weighted by molar-refractivity contribution is 0.423. The molecule has 2 rings (SSSR count). The van der Waals surface area contributed by atoms with Crippen LogP contribution < -0.4 is 5.32 Å². The lowest BCUT2D eigenvalue weighted by Gasteiger charge is -1.99. The summed E-state index contributed by atoms with van der Waals surface area (Å²) < 4.78 is 28.0. The summed E-state index contributed by atoms with van der Waals surface area (Å²) in [5.74, 6) is 1.29. The Labute approximate surface area is 94.4 Å². The van der Waals surface area contributed by atoms with Gasteiger partial charge in [0.2, 0.25) is 11.8 Å². The quantitative estimate of drug-likeness (QED) is 0.786. The van der Waals surface area contributed by atoms with Gasteiger partial charge in [0.05, 0.1) is 17.4 Å². The Morgan fingerprint density at radius 3 is 2.94 bits per heavy atom. The first-order valence-electron chi connectivity index (χ1n) is 5.28. The summed E-state index contributed by atoms with van der Waals surface area (Å²) in [5, 5.41) is 10.8. The molecular weight excluding hydrogens is 230 g/mol. The molecule has 1 atom stereocenters. The molecule has 0 spiro atoms. The normalized spacial score (nSPS) is 23.7. The number of sulfone groups is 1. The van der Waals surface area contributed by atoms with E-state index in [-0.39, 0.29) is 17.4 Å². The van der Waals surface area contributed by atoms with Crippen molar-refractivity contribution in [3.05, 3.63) is 11.8 Å². The van der Waals surface area contributed by atoms with Crippen molar-refractivity contribution in [2.75, 3.05) is 25.1 Å². The molecule has 1 fully saturated rings. The van der Waals surface area contributed by atoms with Crippen LogP contribution in [0.2, 0.25) is 0 Å². The van der Waals surface area contributed by atoms with Crippen LogP contribution in [0.1, 0.15) is 24.1 Å². The Balaban J connectivity index is 2.02. The van der Waals surface area contributed by atoms with Crippen LogP contribution in [0.25, 0.3) is 0 Å². The first kappa shape index (κ1) is 11.5. The molecule has 2 heterocycles. The third-order valence-electron chi connectivity index (χ3n) is 2.65. The Morgan fingerprint density at radius 2 is 2.31 bits per heavy atom. The lowest BCUT2D eigenvalue weighted by atomic mass is 10.1. The van der Waals surface area contributed by atoms with Crippen LogP contribution in [0.5, 0.6) is 0 Å². The van der Waals surface area contributed by atoms with Gasteiger partial charge in [-0.05, 0) is 13.5 Å². The third kappa shape index (κ3) is 2.59. The van der Waals surface area contributed by atoms with E-state index in [1.165, 1.54) is 0 Å². The molecule has 0 bridgehead atoms. The van der Waals surface area contributed by atoms with Crippen molar-refractivity contribution in [3.63, 3.8) is 0 Å². The molecule has 1 aromatic rings. The van der Waals surface area contributed by atoms with Gasteiger partial charge in [-0.1, -0.05) is 0 Å². The van der Waals surface area contributed by atoms with Gasteiger partial charge in [0.1, 0.15) is 0 Å². The van der Waals surface area contributed by atoms with Crippen LogP contribution in [-0.4, -0.2) is 43.7 Å². The Kier molecular flexibility index (Phi) is 3.25. The molecule has 6 nitrogen and oxygen atoms in total. The molecule has 0 amide bonds. The van der Waals surface area contributed by atoms with E-state index in [1.807, 2.05) is 7.05 Å². The van der Waals surface area contributed by atoms with Crippen molar-refractivity contribution in [3.8, 4) is 0 Å². The Bertz CT molecular complexity index is 454. The smallest absolute Gasteiger partial charge is 0.220 e. The molecule has 0 saturated carbocycles. The predicted molar refractivity (Wildman–Crippen MR) is 57.9 cm³/mol. The number of aromatic nitrogens is 2. The van der Waals surface area contributed by atoms with Crippen molar-refractivity contribution < 1.29 is 12.8 Å². The monoisotopic (exact) mass is 245 g/mol. The van der Waals surface area contributed by atoms with Crippen LogP contribution >= 0.6 is 0 Å². The maximum Gasteiger partial charge on any atom is 0.220 e. The predicted octanol–water partition coefficient (Wildman–Crippen LogP) is -0.266. The minimum atomic E-state index is -2.89. The largest absolute Gasteiger partial charge is 0.425 e. The average molecular weight is 245 g/mol. The van der Waals surface area contributed by atoms with Crippen molar-refractivity contribution in [2.24, 2.45) is 0 Å². The summed E-state index contributed by atoms with van der Waals surface area (Å²) in [6, 6.07) is 0. The molecule has 1 aliphatic rings. The molecule has 16 heavy (non-hydrogen) atoms. The second kappa shape index (κ2) is 4.50. The highest BCUT2D eigenvalue weighted by molar-refractivity contribution is 7.91. The zero-order chi connectivity index (χ0) is 11.6. The summed E-state index contributed by atoms with van der Waals surface area (Å²) >= 11 is 0. The number of nitrogens with zero attached hydrogens (tertiary/aromatic N) is 2. The van der Waals surface area contributed by atoms with Crippen molar-refractivity contribution in [2.45, 2.75) is 18.8 Å². The molecular formula is C9H15N3O3S. The summed E-state index contributed by atoms with van der Waals surface area (Å²) in [7, 11) is -1.04. The summed E-state index contributed by atoms with van der Waals surface area (Å²) in [5.41, 5.74) is 0. The molecule has 1 aromatic heterocycles. The first-order valence-corrected chi connectivity index (χ1v) is 7.10. The summed E-state index contributed by atoms with van der Waals surface area (Å²) in [4.78, 5) is 0. The first-order chi connectivity index (χ1) is 7.61. The Morgan fingerprint density at radius 1 is 1.50 bits per heavy atom. The SMILES string of the molecule is CNCCc1nnc(C2CCS(=O)(=O)C2)o1. The molecule has 0 aliphatic carbocycles. The van der Waals surface area contributed by atoms with Crippen LogP contribution in [0.15, 0.2) is 4.42 Å². The van der Waals surface area contributed by atoms with Gasteiger partial charge < -0.3 is 9.73 Å².